The number of phenols is 1. The van der Waals surface area contributed by atoms with Gasteiger partial charge in [-0.1, -0.05) is 26.0 Å². The van der Waals surface area contributed by atoms with Gasteiger partial charge in [0.05, 0.1) is 12.6 Å². The first kappa shape index (κ1) is 17.3. The van der Waals surface area contributed by atoms with Crippen molar-refractivity contribution in [1.29, 1.82) is 0 Å². The normalized spacial score (nSPS) is 16.5. The summed E-state index contributed by atoms with van der Waals surface area (Å²) in [6.07, 6.45) is 6.39. The van der Waals surface area contributed by atoms with Gasteiger partial charge in [-0.3, -0.25) is 0 Å². The standard InChI is InChI=1S/C19H26N4O2/c1-13(2)12-23-10-9-20-18(23)11-21-19(25)22-16-7-3-6-15-14(16)5-4-8-17(15)24/h4-5,8-10,13,16,24H,3,6-7,11-12H2,1-2H3,(H2,21,22,25)/t16-/m1/s1. The van der Waals surface area contributed by atoms with E-state index >= 15 is 0 Å². The van der Waals surface area contributed by atoms with Crippen LogP contribution in [0, 0.1) is 5.92 Å². The third kappa shape index (κ3) is 4.13. The number of aromatic nitrogens is 2. The molecular weight excluding hydrogens is 316 g/mol. The molecule has 1 atom stereocenters. The van der Waals surface area contributed by atoms with Gasteiger partial charge in [-0.15, -0.1) is 0 Å². The van der Waals surface area contributed by atoms with E-state index in [0.29, 0.717) is 18.2 Å². The van der Waals surface area contributed by atoms with Gasteiger partial charge in [-0.2, -0.15) is 0 Å². The Morgan fingerprint density at radius 3 is 3.08 bits per heavy atom. The van der Waals surface area contributed by atoms with Crippen LogP contribution in [0.15, 0.2) is 30.6 Å². The molecule has 1 aromatic heterocycles. The van der Waals surface area contributed by atoms with Crippen LogP contribution >= 0.6 is 0 Å². The molecule has 0 unspecified atom stereocenters. The number of carbonyl (C=O) groups excluding carboxylic acids is 1. The van der Waals surface area contributed by atoms with Crippen LogP contribution in [-0.2, 0) is 19.5 Å². The van der Waals surface area contributed by atoms with Crippen LogP contribution in [0.3, 0.4) is 0 Å². The molecule has 1 heterocycles. The van der Waals surface area contributed by atoms with Crippen LogP contribution < -0.4 is 10.6 Å². The third-order valence-corrected chi connectivity index (χ3v) is 4.56. The summed E-state index contributed by atoms with van der Waals surface area (Å²) in [7, 11) is 0. The van der Waals surface area contributed by atoms with Crippen molar-refractivity contribution in [2.24, 2.45) is 5.92 Å². The first-order valence-corrected chi connectivity index (χ1v) is 8.89. The summed E-state index contributed by atoms with van der Waals surface area (Å²) in [6, 6.07) is 5.24. The quantitative estimate of drug-likeness (QED) is 0.781. The van der Waals surface area contributed by atoms with Crippen LogP contribution in [0.25, 0.3) is 0 Å². The number of benzene rings is 1. The highest BCUT2D eigenvalue weighted by atomic mass is 16.3. The van der Waals surface area contributed by atoms with E-state index in [4.69, 9.17) is 0 Å². The van der Waals surface area contributed by atoms with Crippen LogP contribution in [0.2, 0.25) is 0 Å². The molecule has 0 fully saturated rings. The van der Waals surface area contributed by atoms with E-state index in [2.05, 4.69) is 34.0 Å². The van der Waals surface area contributed by atoms with Crippen LogP contribution in [-0.4, -0.2) is 20.7 Å². The lowest BCUT2D eigenvalue weighted by Gasteiger charge is -2.27. The van der Waals surface area contributed by atoms with Gasteiger partial charge in [0.25, 0.3) is 0 Å². The number of hydrogen-bond acceptors (Lipinski definition) is 3. The highest BCUT2D eigenvalue weighted by Crippen LogP contribution is 2.34. The number of amides is 2. The Morgan fingerprint density at radius 1 is 1.44 bits per heavy atom. The molecule has 0 saturated carbocycles. The van der Waals surface area contributed by atoms with Gasteiger partial charge in [0.1, 0.15) is 11.6 Å². The predicted molar refractivity (Wildman–Crippen MR) is 96.2 cm³/mol. The first-order chi connectivity index (χ1) is 12.0. The largest absolute Gasteiger partial charge is 0.508 e. The Kier molecular flexibility index (Phi) is 5.26. The summed E-state index contributed by atoms with van der Waals surface area (Å²) < 4.78 is 2.07. The zero-order chi connectivity index (χ0) is 17.8. The monoisotopic (exact) mass is 342 g/mol. The fourth-order valence-electron chi connectivity index (χ4n) is 3.41. The molecule has 134 valence electrons. The molecule has 2 amide bonds. The average molecular weight is 342 g/mol. The molecule has 0 saturated heterocycles. The molecule has 0 bridgehead atoms. The minimum absolute atomic E-state index is 0.0636. The van der Waals surface area contributed by atoms with E-state index in [1.807, 2.05) is 18.3 Å². The molecule has 1 aliphatic carbocycles. The molecule has 6 nitrogen and oxygen atoms in total. The smallest absolute Gasteiger partial charge is 0.315 e. The van der Waals surface area contributed by atoms with Gasteiger partial charge < -0.3 is 20.3 Å². The van der Waals surface area contributed by atoms with Gasteiger partial charge in [-0.05, 0) is 42.4 Å². The summed E-state index contributed by atoms with van der Waals surface area (Å²) >= 11 is 0. The van der Waals surface area contributed by atoms with E-state index < -0.39 is 0 Å². The zero-order valence-electron chi connectivity index (χ0n) is 14.8. The van der Waals surface area contributed by atoms with E-state index in [0.717, 1.165) is 42.8 Å². The molecule has 3 rings (SSSR count). The number of urea groups is 1. The summed E-state index contributed by atoms with van der Waals surface area (Å²) in [5.41, 5.74) is 1.97. The molecule has 2 aromatic rings. The van der Waals surface area contributed by atoms with Crippen LogP contribution in [0.5, 0.6) is 5.75 Å². The van der Waals surface area contributed by atoms with Crippen molar-refractivity contribution in [2.45, 2.75) is 52.2 Å². The lowest BCUT2D eigenvalue weighted by atomic mass is 9.87. The van der Waals surface area contributed by atoms with E-state index in [1.165, 1.54) is 0 Å². The van der Waals surface area contributed by atoms with Crippen molar-refractivity contribution in [2.75, 3.05) is 0 Å². The maximum absolute atomic E-state index is 12.3. The zero-order valence-corrected chi connectivity index (χ0v) is 14.8. The Labute approximate surface area is 148 Å². The molecule has 25 heavy (non-hydrogen) atoms. The van der Waals surface area contributed by atoms with Crippen molar-refractivity contribution >= 4 is 6.03 Å². The second-order valence-electron chi connectivity index (χ2n) is 7.01. The second kappa shape index (κ2) is 7.59. The van der Waals surface area contributed by atoms with Gasteiger partial charge in [0.2, 0.25) is 0 Å². The maximum atomic E-state index is 12.3. The minimum atomic E-state index is -0.208. The number of hydrogen-bond donors (Lipinski definition) is 3. The van der Waals surface area contributed by atoms with Gasteiger partial charge in [0, 0.05) is 18.9 Å². The van der Waals surface area contributed by atoms with Crippen molar-refractivity contribution in [3.05, 3.63) is 47.5 Å². The Bertz CT molecular complexity index is 739. The number of nitrogens with zero attached hydrogens (tertiary/aromatic N) is 2. The number of nitrogens with one attached hydrogen (secondary N) is 2. The Hall–Kier alpha value is -2.50. The summed E-state index contributed by atoms with van der Waals surface area (Å²) in [5.74, 6) is 1.69. The summed E-state index contributed by atoms with van der Waals surface area (Å²) in [6.45, 7) is 5.58. The summed E-state index contributed by atoms with van der Waals surface area (Å²) in [5, 5.41) is 15.9. The molecule has 3 N–H and O–H groups in total. The van der Waals surface area contributed by atoms with Crippen LogP contribution in [0.1, 0.15) is 49.7 Å². The summed E-state index contributed by atoms with van der Waals surface area (Å²) in [4.78, 5) is 16.6. The van der Waals surface area contributed by atoms with Gasteiger partial charge in [0.15, 0.2) is 0 Å². The van der Waals surface area contributed by atoms with Crippen molar-refractivity contribution in [3.63, 3.8) is 0 Å². The fraction of sp³-hybridized carbons (Fsp3) is 0.474. The molecule has 6 heteroatoms. The van der Waals surface area contributed by atoms with Gasteiger partial charge >= 0.3 is 6.03 Å². The Morgan fingerprint density at radius 2 is 2.28 bits per heavy atom. The molecule has 1 aliphatic rings. The van der Waals surface area contributed by atoms with Crippen LogP contribution in [0.4, 0.5) is 4.79 Å². The lowest BCUT2D eigenvalue weighted by Crippen LogP contribution is -2.39. The predicted octanol–water partition coefficient (Wildman–Crippen LogP) is 3.12. The third-order valence-electron chi connectivity index (χ3n) is 4.56. The SMILES string of the molecule is CC(C)Cn1ccnc1CNC(=O)N[C@@H]1CCCc2c(O)cccc21. The highest BCUT2D eigenvalue weighted by Gasteiger charge is 2.23. The molecule has 0 radical (unpaired) electrons. The van der Waals surface area contributed by atoms with E-state index in [1.54, 1.807) is 12.3 Å². The van der Waals surface area contributed by atoms with Crippen molar-refractivity contribution < 1.29 is 9.90 Å². The lowest BCUT2D eigenvalue weighted by molar-refractivity contribution is 0.234. The minimum Gasteiger partial charge on any atom is -0.508 e. The van der Waals surface area contributed by atoms with E-state index in [-0.39, 0.29) is 12.1 Å². The van der Waals surface area contributed by atoms with E-state index in [9.17, 15) is 9.90 Å². The van der Waals surface area contributed by atoms with Crippen molar-refractivity contribution in [1.82, 2.24) is 20.2 Å². The molecule has 1 aromatic carbocycles. The fourth-order valence-corrected chi connectivity index (χ4v) is 3.41. The molecule has 0 spiro atoms. The highest BCUT2D eigenvalue weighted by molar-refractivity contribution is 5.74. The Balaban J connectivity index is 1.59. The number of phenolic OH excluding ortho intramolecular Hbond substituents is 1. The topological polar surface area (TPSA) is 79.2 Å². The second-order valence-corrected chi connectivity index (χ2v) is 7.01. The van der Waals surface area contributed by atoms with Gasteiger partial charge in [-0.25, -0.2) is 9.78 Å². The number of fused-ring (bicyclic) bond motifs is 1. The average Bonchev–Trinajstić information content (AvgIpc) is 3.00. The first-order valence-electron chi connectivity index (χ1n) is 8.89. The number of imidazole rings is 1. The number of rotatable bonds is 5. The number of carbonyl (C=O) groups is 1. The molecular formula is C19H26N4O2. The number of aromatic hydroxyl groups is 1. The van der Waals surface area contributed by atoms with Crippen molar-refractivity contribution in [3.8, 4) is 5.75 Å². The molecule has 0 aliphatic heterocycles. The maximum Gasteiger partial charge on any atom is 0.315 e.